The zero-order valence-electron chi connectivity index (χ0n) is 12.7. The van der Waals surface area contributed by atoms with Gasteiger partial charge in [-0.15, -0.1) is 0 Å². The second-order valence-corrected chi connectivity index (χ2v) is 7.16. The molecule has 3 aromatic rings. The molecule has 0 amide bonds. The lowest BCUT2D eigenvalue weighted by atomic mass is 10.2. The lowest BCUT2D eigenvalue weighted by Gasteiger charge is -2.08. The van der Waals surface area contributed by atoms with Gasteiger partial charge in [0, 0.05) is 0 Å². The Balaban J connectivity index is 1.74. The molecule has 0 aromatic heterocycles. The molecule has 3 nitrogen and oxygen atoms in total. The van der Waals surface area contributed by atoms with Crippen LogP contribution in [0.2, 0.25) is 0 Å². The molecule has 122 valence electrons. The number of ether oxygens (including phenoxy) is 1. The predicted molar refractivity (Wildman–Crippen MR) is 89.1 cm³/mol. The summed E-state index contributed by atoms with van der Waals surface area (Å²) in [6.45, 7) is 0.211. The number of hydrogen-bond donors (Lipinski definition) is 0. The lowest BCUT2D eigenvalue weighted by molar-refractivity contribution is 0.305. The van der Waals surface area contributed by atoms with Gasteiger partial charge in [-0.1, -0.05) is 30.3 Å². The van der Waals surface area contributed by atoms with Crippen LogP contribution in [0.4, 0.5) is 4.39 Å². The molecule has 0 atom stereocenters. The minimum absolute atomic E-state index is 0.201. The molecule has 5 heteroatoms. The second kappa shape index (κ2) is 6.84. The fourth-order valence-electron chi connectivity index (χ4n) is 2.24. The van der Waals surface area contributed by atoms with Crippen LogP contribution in [0.25, 0.3) is 0 Å². The van der Waals surface area contributed by atoms with Crippen LogP contribution in [0.3, 0.4) is 0 Å². The van der Waals surface area contributed by atoms with E-state index in [1.54, 1.807) is 54.6 Å². The number of hydrogen-bond acceptors (Lipinski definition) is 3. The third-order valence-corrected chi connectivity index (χ3v) is 5.27. The Hall–Kier alpha value is -2.66. The molecule has 0 unspecified atom stereocenters. The van der Waals surface area contributed by atoms with Crippen molar-refractivity contribution in [1.29, 1.82) is 0 Å². The summed E-state index contributed by atoms with van der Waals surface area (Å²) in [5, 5.41) is 0. The van der Waals surface area contributed by atoms with E-state index in [2.05, 4.69) is 0 Å². The molecule has 0 aliphatic rings. The van der Waals surface area contributed by atoms with Gasteiger partial charge in [0.05, 0.1) is 9.79 Å². The molecule has 0 bridgehead atoms. The summed E-state index contributed by atoms with van der Waals surface area (Å²) in [5.74, 6) is 0.201. The third kappa shape index (κ3) is 3.63. The Bertz CT molecular complexity index is 920. The molecule has 3 aromatic carbocycles. The van der Waals surface area contributed by atoms with Crippen LogP contribution in [0.15, 0.2) is 88.7 Å². The summed E-state index contributed by atoms with van der Waals surface area (Å²) in [7, 11) is -3.53. The number of benzene rings is 3. The summed E-state index contributed by atoms with van der Waals surface area (Å²) >= 11 is 0. The predicted octanol–water partition coefficient (Wildman–Crippen LogP) is 4.24. The van der Waals surface area contributed by atoms with E-state index in [4.69, 9.17) is 4.74 Å². The van der Waals surface area contributed by atoms with Gasteiger partial charge in [0.1, 0.15) is 18.2 Å². The van der Waals surface area contributed by atoms with Crippen LogP contribution in [0, 0.1) is 5.82 Å². The fraction of sp³-hybridized carbons (Fsp3) is 0.0526. The van der Waals surface area contributed by atoms with Gasteiger partial charge in [-0.05, 0) is 54.1 Å². The van der Waals surface area contributed by atoms with Gasteiger partial charge in [-0.25, -0.2) is 12.8 Å². The molecular formula is C19H15FO3S. The first-order valence-corrected chi connectivity index (χ1v) is 8.81. The summed E-state index contributed by atoms with van der Waals surface area (Å²) < 4.78 is 43.6. The number of rotatable bonds is 5. The topological polar surface area (TPSA) is 43.4 Å². The highest BCUT2D eigenvalue weighted by atomic mass is 32.2. The standard InChI is InChI=1S/C19H15FO3S/c20-16-6-4-5-15(13-16)14-23-17-9-11-19(12-10-17)24(21,22)18-7-2-1-3-8-18/h1-13H,14H2. The van der Waals surface area contributed by atoms with E-state index >= 15 is 0 Å². The highest BCUT2D eigenvalue weighted by Crippen LogP contribution is 2.23. The third-order valence-electron chi connectivity index (χ3n) is 3.48. The first-order valence-electron chi connectivity index (χ1n) is 7.33. The van der Waals surface area contributed by atoms with Crippen molar-refractivity contribution in [3.63, 3.8) is 0 Å². The van der Waals surface area contributed by atoms with E-state index in [0.29, 0.717) is 11.3 Å². The summed E-state index contributed by atoms with van der Waals surface area (Å²) in [4.78, 5) is 0.449. The second-order valence-electron chi connectivity index (χ2n) is 5.21. The van der Waals surface area contributed by atoms with Crippen molar-refractivity contribution in [2.45, 2.75) is 16.4 Å². The monoisotopic (exact) mass is 342 g/mol. The van der Waals surface area contributed by atoms with Gasteiger partial charge in [-0.3, -0.25) is 0 Å². The largest absolute Gasteiger partial charge is 0.489 e. The van der Waals surface area contributed by atoms with E-state index in [0.717, 1.165) is 0 Å². The summed E-state index contributed by atoms with van der Waals surface area (Å²) in [5.41, 5.74) is 0.705. The van der Waals surface area contributed by atoms with Gasteiger partial charge in [0.2, 0.25) is 9.84 Å². The molecule has 0 aliphatic carbocycles. The van der Waals surface area contributed by atoms with Crippen molar-refractivity contribution < 1.29 is 17.5 Å². The molecule has 3 rings (SSSR count). The van der Waals surface area contributed by atoms with Gasteiger partial charge >= 0.3 is 0 Å². The molecule has 24 heavy (non-hydrogen) atoms. The van der Waals surface area contributed by atoms with Crippen molar-refractivity contribution >= 4 is 9.84 Å². The van der Waals surface area contributed by atoms with Gasteiger partial charge < -0.3 is 4.74 Å². The van der Waals surface area contributed by atoms with Crippen LogP contribution >= 0.6 is 0 Å². The van der Waals surface area contributed by atoms with E-state index in [1.807, 2.05) is 0 Å². The molecule has 0 fully saturated rings. The maximum absolute atomic E-state index is 13.1. The van der Waals surface area contributed by atoms with Gasteiger partial charge in [0.15, 0.2) is 0 Å². The van der Waals surface area contributed by atoms with E-state index < -0.39 is 9.84 Å². The average molecular weight is 342 g/mol. The molecular weight excluding hydrogens is 327 g/mol. The van der Waals surface area contributed by atoms with E-state index in [-0.39, 0.29) is 22.2 Å². The SMILES string of the molecule is O=S(=O)(c1ccccc1)c1ccc(OCc2cccc(F)c2)cc1. The Morgan fingerprint density at radius 3 is 2.12 bits per heavy atom. The Kier molecular flexibility index (Phi) is 4.62. The molecule has 0 aliphatic heterocycles. The Labute approximate surface area is 140 Å². The van der Waals surface area contributed by atoms with Gasteiger partial charge in [-0.2, -0.15) is 0 Å². The van der Waals surface area contributed by atoms with Crippen molar-refractivity contribution in [2.75, 3.05) is 0 Å². The van der Waals surface area contributed by atoms with Crippen molar-refractivity contribution in [3.05, 3.63) is 90.2 Å². The molecule has 0 heterocycles. The molecule has 0 N–H and O–H groups in total. The highest BCUT2D eigenvalue weighted by molar-refractivity contribution is 7.91. The van der Waals surface area contributed by atoms with Crippen molar-refractivity contribution in [1.82, 2.24) is 0 Å². The molecule has 0 saturated carbocycles. The zero-order chi connectivity index (χ0) is 17.0. The molecule has 0 radical (unpaired) electrons. The summed E-state index contributed by atoms with van der Waals surface area (Å²) in [6.07, 6.45) is 0. The number of halogens is 1. The lowest BCUT2D eigenvalue weighted by Crippen LogP contribution is -2.02. The quantitative estimate of drug-likeness (QED) is 0.697. The van der Waals surface area contributed by atoms with Crippen LogP contribution in [-0.2, 0) is 16.4 Å². The first-order chi connectivity index (χ1) is 11.6. The zero-order valence-corrected chi connectivity index (χ0v) is 13.5. The van der Waals surface area contributed by atoms with E-state index in [1.165, 1.54) is 24.3 Å². The highest BCUT2D eigenvalue weighted by Gasteiger charge is 2.16. The van der Waals surface area contributed by atoms with Crippen molar-refractivity contribution in [3.8, 4) is 5.75 Å². The fourth-order valence-corrected chi connectivity index (χ4v) is 3.53. The minimum Gasteiger partial charge on any atom is -0.489 e. The first kappa shape index (κ1) is 16.2. The minimum atomic E-state index is -3.53. The normalized spacial score (nSPS) is 11.2. The van der Waals surface area contributed by atoms with Crippen LogP contribution < -0.4 is 4.74 Å². The van der Waals surface area contributed by atoms with Crippen LogP contribution in [-0.4, -0.2) is 8.42 Å². The maximum atomic E-state index is 13.1. The van der Waals surface area contributed by atoms with E-state index in [9.17, 15) is 12.8 Å². The Morgan fingerprint density at radius 2 is 1.46 bits per heavy atom. The average Bonchev–Trinajstić information content (AvgIpc) is 2.61. The van der Waals surface area contributed by atoms with Crippen molar-refractivity contribution in [2.24, 2.45) is 0 Å². The van der Waals surface area contributed by atoms with Crippen LogP contribution in [0.1, 0.15) is 5.56 Å². The summed E-state index contributed by atoms with van der Waals surface area (Å²) in [6, 6.07) is 20.6. The molecule has 0 spiro atoms. The van der Waals surface area contributed by atoms with Crippen LogP contribution in [0.5, 0.6) is 5.75 Å². The molecule has 0 saturated heterocycles. The number of sulfone groups is 1. The maximum Gasteiger partial charge on any atom is 0.206 e. The van der Waals surface area contributed by atoms with Gasteiger partial charge in [0.25, 0.3) is 0 Å². The Morgan fingerprint density at radius 1 is 0.792 bits per heavy atom. The smallest absolute Gasteiger partial charge is 0.206 e.